The molecule has 1 aliphatic rings. The average Bonchev–Trinajstić information content (AvgIpc) is 2.64. The van der Waals surface area contributed by atoms with Gasteiger partial charge < -0.3 is 19.2 Å². The lowest BCUT2D eigenvalue weighted by atomic mass is 10.0. The van der Waals surface area contributed by atoms with Crippen molar-refractivity contribution >= 4 is 61.0 Å². The number of Topliss-reactive ketones (excluding diaryl/α,β-unsaturated/α-hetero) is 1. The number of ether oxygens (including phenoxy) is 1. The lowest BCUT2D eigenvalue weighted by molar-refractivity contribution is 0.0702. The largest absolute Gasteiger partial charge is 0.507 e. The third-order valence-corrected chi connectivity index (χ3v) is 6.56. The van der Waals surface area contributed by atoms with Crippen molar-refractivity contribution in [2.75, 3.05) is 32.1 Å². The monoisotopic (exact) mass is 457 g/mol. The molecular weight excluding hydrogens is 442 g/mol. The molecule has 0 spiro atoms. The maximum atomic E-state index is 12.7. The van der Waals surface area contributed by atoms with Crippen LogP contribution in [0, 0.1) is 6.92 Å². The number of phenolic OH excluding ortho intramolecular Hbond substituents is 1. The predicted octanol–water partition coefficient (Wildman–Crippen LogP) is 3.10. The molecule has 1 aliphatic heterocycles. The van der Waals surface area contributed by atoms with Gasteiger partial charge in [-0.1, -0.05) is 24.0 Å². The van der Waals surface area contributed by atoms with Crippen LogP contribution < -0.4 is 5.63 Å². The molecule has 3 rings (SSSR count). The molecule has 0 aliphatic carbocycles. The summed E-state index contributed by atoms with van der Waals surface area (Å²) in [6.45, 7) is 4.36. The number of phenols is 1. The zero-order valence-corrected chi connectivity index (χ0v) is 17.1. The minimum Gasteiger partial charge on any atom is -0.507 e. The van der Waals surface area contributed by atoms with E-state index in [2.05, 4.69) is 15.9 Å². The van der Waals surface area contributed by atoms with Crippen LogP contribution in [0.4, 0.5) is 0 Å². The maximum Gasteiger partial charge on any atom is 0.350 e. The molecule has 1 aromatic carbocycles. The van der Waals surface area contributed by atoms with Gasteiger partial charge in [-0.15, -0.1) is 0 Å². The summed E-state index contributed by atoms with van der Waals surface area (Å²) in [6, 6.07) is 3.05. The Morgan fingerprint density at radius 1 is 1.38 bits per heavy atom. The number of morpholine rings is 1. The second-order valence-electron chi connectivity index (χ2n) is 5.74. The third-order valence-electron chi connectivity index (χ3n) is 4.12. The van der Waals surface area contributed by atoms with Crippen molar-refractivity contribution in [1.29, 1.82) is 0 Å². The first-order valence-electron chi connectivity index (χ1n) is 7.87. The number of carbonyl (C=O) groups is 1. The number of halogens is 1. The third kappa shape index (κ3) is 3.80. The van der Waals surface area contributed by atoms with Gasteiger partial charge in [-0.3, -0.25) is 4.79 Å². The summed E-state index contributed by atoms with van der Waals surface area (Å²) in [6.07, 6.45) is 0. The maximum absolute atomic E-state index is 12.7. The van der Waals surface area contributed by atoms with Crippen LogP contribution in [0.25, 0.3) is 11.0 Å². The molecule has 0 atom stereocenters. The summed E-state index contributed by atoms with van der Waals surface area (Å²) in [5.41, 5.74) is 0.166. The van der Waals surface area contributed by atoms with Crippen molar-refractivity contribution in [2.45, 2.75) is 6.92 Å². The van der Waals surface area contributed by atoms with Crippen molar-refractivity contribution in [3.63, 3.8) is 0 Å². The van der Waals surface area contributed by atoms with Crippen molar-refractivity contribution < 1.29 is 19.1 Å². The zero-order valence-electron chi connectivity index (χ0n) is 13.9. The van der Waals surface area contributed by atoms with Crippen LogP contribution in [0.15, 0.2) is 25.8 Å². The van der Waals surface area contributed by atoms with Crippen molar-refractivity contribution in [3.05, 3.63) is 38.2 Å². The van der Waals surface area contributed by atoms with E-state index < -0.39 is 5.63 Å². The van der Waals surface area contributed by atoms with E-state index in [0.29, 0.717) is 46.0 Å². The quantitative estimate of drug-likeness (QED) is 0.427. The van der Waals surface area contributed by atoms with Gasteiger partial charge in [0.25, 0.3) is 0 Å². The lowest BCUT2D eigenvalue weighted by Crippen LogP contribution is -2.38. The molecule has 1 fully saturated rings. The second-order valence-corrected chi connectivity index (χ2v) is 8.14. The molecule has 1 aromatic heterocycles. The van der Waals surface area contributed by atoms with Gasteiger partial charge in [-0.2, -0.15) is 0 Å². The van der Waals surface area contributed by atoms with Gasteiger partial charge >= 0.3 is 5.63 Å². The van der Waals surface area contributed by atoms with Gasteiger partial charge in [0.15, 0.2) is 11.4 Å². The minimum absolute atomic E-state index is 0.00692. The summed E-state index contributed by atoms with van der Waals surface area (Å²) >= 11 is 9.78. The second kappa shape index (κ2) is 8.08. The molecule has 0 unspecified atom stereocenters. The van der Waals surface area contributed by atoms with Gasteiger partial charge in [0.2, 0.25) is 0 Å². The van der Waals surface area contributed by atoms with Gasteiger partial charge in [0.05, 0.1) is 19.0 Å². The van der Waals surface area contributed by atoms with Crippen LogP contribution >= 0.6 is 39.9 Å². The predicted molar refractivity (Wildman–Crippen MR) is 108 cm³/mol. The van der Waals surface area contributed by atoms with Crippen LogP contribution in [-0.4, -0.2) is 52.2 Å². The Morgan fingerprint density at radius 3 is 2.77 bits per heavy atom. The Hall–Kier alpha value is -1.42. The molecular formula is C17H16BrNO5S2. The molecule has 2 aromatic rings. The summed E-state index contributed by atoms with van der Waals surface area (Å²) in [5, 5.41) is 10.8. The van der Waals surface area contributed by atoms with E-state index in [9.17, 15) is 14.7 Å². The number of nitrogens with zero attached hydrogens (tertiary/aromatic N) is 1. The molecule has 9 heteroatoms. The molecule has 1 N–H and O–H groups in total. The number of fused-ring (bicyclic) bond motifs is 1. The fourth-order valence-corrected chi connectivity index (χ4v) is 4.11. The number of benzene rings is 1. The number of hydrogen-bond donors (Lipinski definition) is 1. The number of aromatic hydroxyl groups is 1. The smallest absolute Gasteiger partial charge is 0.350 e. The number of carbonyl (C=O) groups excluding carboxylic acids is 1. The van der Waals surface area contributed by atoms with E-state index >= 15 is 0 Å². The summed E-state index contributed by atoms with van der Waals surface area (Å²) < 4.78 is 11.5. The highest BCUT2D eigenvalue weighted by Crippen LogP contribution is 2.31. The molecule has 2 heterocycles. The van der Waals surface area contributed by atoms with E-state index in [4.69, 9.17) is 21.4 Å². The van der Waals surface area contributed by atoms with Crippen molar-refractivity contribution in [3.8, 4) is 5.75 Å². The number of ketones is 1. The zero-order chi connectivity index (χ0) is 18.8. The number of thioether (sulfide) groups is 1. The molecule has 0 amide bonds. The molecule has 26 heavy (non-hydrogen) atoms. The minimum atomic E-state index is -0.592. The van der Waals surface area contributed by atoms with Crippen LogP contribution in [0.2, 0.25) is 0 Å². The van der Waals surface area contributed by atoms with Gasteiger partial charge in [-0.25, -0.2) is 4.79 Å². The number of aryl methyl sites for hydroxylation is 1. The van der Waals surface area contributed by atoms with Crippen LogP contribution in [0.5, 0.6) is 5.75 Å². The Labute approximate surface area is 167 Å². The van der Waals surface area contributed by atoms with Crippen LogP contribution in [-0.2, 0) is 4.74 Å². The molecule has 1 saturated heterocycles. The SMILES string of the molecule is Cc1c(Br)c(=O)oc2c(C(=O)CSC(=S)N3CCOCC3)c(O)ccc12. The first-order valence-corrected chi connectivity index (χ1v) is 10.1. The summed E-state index contributed by atoms with van der Waals surface area (Å²) in [5.74, 6) is -0.523. The highest BCUT2D eigenvalue weighted by molar-refractivity contribution is 9.10. The molecule has 0 radical (unpaired) electrons. The van der Waals surface area contributed by atoms with Gasteiger partial charge in [-0.05, 0) is 40.5 Å². The topological polar surface area (TPSA) is 80.0 Å². The Kier molecular flexibility index (Phi) is 6.01. The first-order chi connectivity index (χ1) is 12.4. The highest BCUT2D eigenvalue weighted by Gasteiger charge is 2.22. The van der Waals surface area contributed by atoms with Gasteiger partial charge in [0.1, 0.15) is 20.1 Å². The summed E-state index contributed by atoms with van der Waals surface area (Å²) in [7, 11) is 0. The number of rotatable bonds is 3. The molecule has 0 bridgehead atoms. The van der Waals surface area contributed by atoms with E-state index in [0.717, 1.165) is 0 Å². The van der Waals surface area contributed by atoms with E-state index in [1.165, 1.54) is 17.8 Å². The van der Waals surface area contributed by atoms with Crippen LogP contribution in [0.1, 0.15) is 15.9 Å². The van der Waals surface area contributed by atoms with Crippen LogP contribution in [0.3, 0.4) is 0 Å². The molecule has 138 valence electrons. The van der Waals surface area contributed by atoms with Gasteiger partial charge in [0, 0.05) is 18.5 Å². The van der Waals surface area contributed by atoms with Crippen molar-refractivity contribution in [1.82, 2.24) is 4.90 Å². The van der Waals surface area contributed by atoms with E-state index in [1.54, 1.807) is 13.0 Å². The molecule has 0 saturated carbocycles. The Bertz CT molecular complexity index is 937. The Morgan fingerprint density at radius 2 is 2.08 bits per heavy atom. The number of thiocarbonyl (C=S) groups is 1. The summed E-state index contributed by atoms with van der Waals surface area (Å²) in [4.78, 5) is 26.7. The fourth-order valence-electron chi connectivity index (χ4n) is 2.69. The lowest BCUT2D eigenvalue weighted by Gasteiger charge is -2.28. The van der Waals surface area contributed by atoms with E-state index in [-0.39, 0.29) is 28.4 Å². The van der Waals surface area contributed by atoms with E-state index in [1.807, 2.05) is 4.90 Å². The average molecular weight is 458 g/mol. The normalized spacial score (nSPS) is 14.6. The molecule has 6 nitrogen and oxygen atoms in total. The van der Waals surface area contributed by atoms with Crippen molar-refractivity contribution in [2.24, 2.45) is 0 Å². The Balaban J connectivity index is 1.87. The standard InChI is InChI=1S/C17H16BrNO5S2/c1-9-10-2-3-11(20)13(15(10)24-16(22)14(9)18)12(21)8-26-17(25)19-4-6-23-7-5-19/h2-3,20H,4-8H2,1H3. The first kappa shape index (κ1) is 19.3. The highest BCUT2D eigenvalue weighted by atomic mass is 79.9. The fraction of sp³-hybridized carbons (Fsp3) is 0.353. The number of hydrogen-bond acceptors (Lipinski definition) is 7.